The summed E-state index contributed by atoms with van der Waals surface area (Å²) in [4.78, 5) is 16.1. The molecule has 0 atom stereocenters. The maximum Gasteiger partial charge on any atom is 0.260 e. The number of hydrogen-bond donors (Lipinski definition) is 0. The van der Waals surface area contributed by atoms with Gasteiger partial charge in [-0.15, -0.1) is 10.2 Å². The molecular weight excluding hydrogens is 414 g/mol. The first-order valence-corrected chi connectivity index (χ1v) is 10.4. The Morgan fingerprint density at radius 1 is 0.969 bits per heavy atom. The van der Waals surface area contributed by atoms with Gasteiger partial charge in [-0.1, -0.05) is 23.8 Å². The number of carbonyl (C=O) groups is 1. The number of hydrogen-bond acceptors (Lipinski definition) is 5. The van der Waals surface area contributed by atoms with Crippen LogP contribution in [0.4, 0.5) is 14.6 Å². The third-order valence-electron chi connectivity index (χ3n) is 5.51. The number of amides is 1. The standard InChI is InChI=1S/C24H24F2N4O2/c1-16-3-5-19(17(2)13-16)21-6-8-23(28-27-21)29-9-11-30(12-10-29)24(31)15-32-22-7-4-18(25)14-20(22)26/h3-8,13-14H,9-12,15H2,1-2H3. The Bertz CT molecular complexity index is 1110. The van der Waals surface area contributed by atoms with Crippen molar-refractivity contribution in [2.75, 3.05) is 37.7 Å². The van der Waals surface area contributed by atoms with E-state index in [4.69, 9.17) is 4.74 Å². The van der Waals surface area contributed by atoms with Crippen molar-refractivity contribution in [3.63, 3.8) is 0 Å². The summed E-state index contributed by atoms with van der Waals surface area (Å²) < 4.78 is 31.8. The summed E-state index contributed by atoms with van der Waals surface area (Å²) in [6.07, 6.45) is 0. The lowest BCUT2D eigenvalue weighted by Gasteiger charge is -2.35. The van der Waals surface area contributed by atoms with E-state index in [2.05, 4.69) is 47.1 Å². The average molecular weight is 438 g/mol. The molecule has 0 unspecified atom stereocenters. The molecule has 1 aliphatic rings. The molecule has 2 aromatic carbocycles. The zero-order valence-electron chi connectivity index (χ0n) is 18.0. The van der Waals surface area contributed by atoms with Gasteiger partial charge < -0.3 is 14.5 Å². The van der Waals surface area contributed by atoms with Crippen molar-refractivity contribution in [2.45, 2.75) is 13.8 Å². The average Bonchev–Trinajstić information content (AvgIpc) is 2.79. The topological polar surface area (TPSA) is 58.6 Å². The van der Waals surface area contributed by atoms with Crippen molar-refractivity contribution in [3.05, 3.63) is 71.3 Å². The molecule has 0 bridgehead atoms. The molecule has 2 heterocycles. The van der Waals surface area contributed by atoms with Crippen LogP contribution >= 0.6 is 0 Å². The minimum atomic E-state index is -0.828. The monoisotopic (exact) mass is 438 g/mol. The first-order chi connectivity index (χ1) is 15.4. The zero-order valence-corrected chi connectivity index (χ0v) is 18.0. The van der Waals surface area contributed by atoms with Crippen molar-refractivity contribution in [1.82, 2.24) is 15.1 Å². The zero-order chi connectivity index (χ0) is 22.7. The van der Waals surface area contributed by atoms with Crippen LogP contribution in [0.15, 0.2) is 48.5 Å². The Morgan fingerprint density at radius 2 is 1.75 bits per heavy atom. The van der Waals surface area contributed by atoms with Crippen molar-refractivity contribution in [3.8, 4) is 17.0 Å². The molecule has 3 aromatic rings. The molecule has 0 aliphatic carbocycles. The molecule has 0 N–H and O–H groups in total. The van der Waals surface area contributed by atoms with E-state index < -0.39 is 11.6 Å². The van der Waals surface area contributed by atoms with E-state index in [1.807, 2.05) is 12.1 Å². The van der Waals surface area contributed by atoms with Gasteiger partial charge in [0.1, 0.15) is 5.82 Å². The predicted octanol–water partition coefficient (Wildman–Crippen LogP) is 3.77. The minimum absolute atomic E-state index is 0.141. The molecule has 0 spiro atoms. The number of ether oxygens (including phenoxy) is 1. The Morgan fingerprint density at radius 3 is 2.41 bits per heavy atom. The number of halogens is 2. The van der Waals surface area contributed by atoms with Crippen LogP contribution in [0.2, 0.25) is 0 Å². The van der Waals surface area contributed by atoms with Crippen LogP contribution in [0.25, 0.3) is 11.3 Å². The SMILES string of the molecule is Cc1ccc(-c2ccc(N3CCN(C(=O)COc4ccc(F)cc4F)CC3)nn2)c(C)c1. The van der Waals surface area contributed by atoms with Crippen molar-refractivity contribution in [1.29, 1.82) is 0 Å². The van der Waals surface area contributed by atoms with Crippen LogP contribution in [0.3, 0.4) is 0 Å². The summed E-state index contributed by atoms with van der Waals surface area (Å²) in [6, 6.07) is 13.1. The van der Waals surface area contributed by atoms with Gasteiger partial charge in [0.05, 0.1) is 5.69 Å². The fraction of sp³-hybridized carbons (Fsp3) is 0.292. The molecule has 1 amide bonds. The summed E-state index contributed by atoms with van der Waals surface area (Å²) in [5.41, 5.74) is 4.24. The smallest absolute Gasteiger partial charge is 0.260 e. The van der Waals surface area contributed by atoms with Gasteiger partial charge in [-0.05, 0) is 43.7 Å². The van der Waals surface area contributed by atoms with Gasteiger partial charge >= 0.3 is 0 Å². The van der Waals surface area contributed by atoms with Gasteiger partial charge in [0.2, 0.25) is 0 Å². The van der Waals surface area contributed by atoms with Gasteiger partial charge in [0, 0.05) is 37.8 Å². The normalized spacial score (nSPS) is 13.9. The van der Waals surface area contributed by atoms with E-state index in [1.54, 1.807) is 4.90 Å². The van der Waals surface area contributed by atoms with E-state index in [-0.39, 0.29) is 18.3 Å². The molecule has 1 aromatic heterocycles. The molecule has 32 heavy (non-hydrogen) atoms. The quantitative estimate of drug-likeness (QED) is 0.607. The third-order valence-corrected chi connectivity index (χ3v) is 5.51. The van der Waals surface area contributed by atoms with Gasteiger partial charge in [-0.3, -0.25) is 4.79 Å². The number of aromatic nitrogens is 2. The summed E-state index contributed by atoms with van der Waals surface area (Å²) in [7, 11) is 0. The molecule has 1 saturated heterocycles. The predicted molar refractivity (Wildman–Crippen MR) is 118 cm³/mol. The van der Waals surface area contributed by atoms with E-state index in [1.165, 1.54) is 11.6 Å². The van der Waals surface area contributed by atoms with Gasteiger partial charge in [0.25, 0.3) is 5.91 Å². The minimum Gasteiger partial charge on any atom is -0.481 e. The highest BCUT2D eigenvalue weighted by molar-refractivity contribution is 5.78. The summed E-state index contributed by atoms with van der Waals surface area (Å²) in [5, 5.41) is 8.77. The maximum absolute atomic E-state index is 13.6. The lowest BCUT2D eigenvalue weighted by molar-refractivity contribution is -0.133. The molecule has 0 radical (unpaired) electrons. The number of anilines is 1. The second kappa shape index (κ2) is 9.30. The molecule has 0 saturated carbocycles. The van der Waals surface area contributed by atoms with E-state index in [0.717, 1.165) is 34.8 Å². The number of rotatable bonds is 5. The first kappa shape index (κ1) is 21.7. The molecule has 1 fully saturated rings. The highest BCUT2D eigenvalue weighted by atomic mass is 19.1. The Kier molecular flexibility index (Phi) is 6.30. The van der Waals surface area contributed by atoms with Gasteiger partial charge in [-0.2, -0.15) is 0 Å². The number of nitrogens with zero attached hydrogens (tertiary/aromatic N) is 4. The lowest BCUT2D eigenvalue weighted by Crippen LogP contribution is -2.50. The molecule has 1 aliphatic heterocycles. The largest absolute Gasteiger partial charge is 0.481 e. The van der Waals surface area contributed by atoms with E-state index >= 15 is 0 Å². The van der Waals surface area contributed by atoms with Crippen LogP contribution in [-0.2, 0) is 4.79 Å². The van der Waals surface area contributed by atoms with Crippen molar-refractivity contribution in [2.24, 2.45) is 0 Å². The number of piperazine rings is 1. The van der Waals surface area contributed by atoms with Crippen molar-refractivity contribution < 1.29 is 18.3 Å². The highest BCUT2D eigenvalue weighted by Crippen LogP contribution is 2.23. The molecule has 4 rings (SSSR count). The Hall–Kier alpha value is -3.55. The van der Waals surface area contributed by atoms with Crippen LogP contribution in [0, 0.1) is 25.5 Å². The van der Waals surface area contributed by atoms with Crippen LogP contribution in [-0.4, -0.2) is 53.8 Å². The summed E-state index contributed by atoms with van der Waals surface area (Å²) in [6.45, 7) is 6.02. The molecule has 6 nitrogen and oxygen atoms in total. The summed E-state index contributed by atoms with van der Waals surface area (Å²) in [5.74, 6) is -1.15. The second-order valence-electron chi connectivity index (χ2n) is 7.83. The van der Waals surface area contributed by atoms with Crippen LogP contribution in [0.1, 0.15) is 11.1 Å². The van der Waals surface area contributed by atoms with Crippen LogP contribution in [0.5, 0.6) is 5.75 Å². The third kappa shape index (κ3) is 4.85. The van der Waals surface area contributed by atoms with Crippen molar-refractivity contribution >= 4 is 11.7 Å². The number of carbonyl (C=O) groups excluding carboxylic acids is 1. The number of aryl methyl sites for hydroxylation is 2. The Balaban J connectivity index is 1.31. The highest BCUT2D eigenvalue weighted by Gasteiger charge is 2.23. The maximum atomic E-state index is 13.6. The van der Waals surface area contributed by atoms with Gasteiger partial charge in [0.15, 0.2) is 24.0 Å². The van der Waals surface area contributed by atoms with Crippen LogP contribution < -0.4 is 9.64 Å². The summed E-state index contributed by atoms with van der Waals surface area (Å²) >= 11 is 0. The number of benzene rings is 2. The van der Waals surface area contributed by atoms with E-state index in [0.29, 0.717) is 26.2 Å². The first-order valence-electron chi connectivity index (χ1n) is 10.4. The molecular formula is C24H24F2N4O2. The Labute approximate surface area is 185 Å². The second-order valence-corrected chi connectivity index (χ2v) is 7.83. The fourth-order valence-corrected chi connectivity index (χ4v) is 3.75. The molecule has 166 valence electrons. The van der Waals surface area contributed by atoms with Gasteiger partial charge in [-0.25, -0.2) is 8.78 Å². The van der Waals surface area contributed by atoms with E-state index in [9.17, 15) is 13.6 Å². The molecule has 8 heteroatoms. The fourth-order valence-electron chi connectivity index (χ4n) is 3.75. The lowest BCUT2D eigenvalue weighted by atomic mass is 10.0.